The van der Waals surface area contributed by atoms with Gasteiger partial charge in [0.2, 0.25) is 0 Å². The Bertz CT molecular complexity index is 1730. The maximum absolute atomic E-state index is 13.2. The molecule has 2 bridgehead atoms. The van der Waals surface area contributed by atoms with Gasteiger partial charge in [-0.1, -0.05) is 33.9 Å². The number of carboxylic acids is 2. The van der Waals surface area contributed by atoms with Crippen molar-refractivity contribution in [3.05, 3.63) is 24.5 Å². The molecule has 1 aliphatic heterocycles. The van der Waals surface area contributed by atoms with Crippen molar-refractivity contribution in [2.75, 3.05) is 6.61 Å². The molecule has 1 saturated heterocycles. The summed E-state index contributed by atoms with van der Waals surface area (Å²) >= 11 is 0. The van der Waals surface area contributed by atoms with Crippen molar-refractivity contribution in [2.45, 2.75) is 128 Å². The first kappa shape index (κ1) is 43.4. The number of hydrogen-bond acceptors (Lipinski definition) is 14. The molecular formula is C35H52O18S2. The predicted octanol–water partition coefficient (Wildman–Crippen LogP) is 3.07. The maximum Gasteiger partial charge on any atom is 0.397 e. The van der Waals surface area contributed by atoms with Crippen LogP contribution in [-0.2, 0) is 62.5 Å². The Hall–Kier alpha value is -2.69. The third kappa shape index (κ3) is 9.55. The standard InChI is InChI=1S/C35H52O18S2/c1-17(2)12-27(38)51-30-29(53-55(45,46)47)28(52-54(42,43)44)24(16-48-18(3)6-9-26(36)37)50-33(30)49-21-13-22(32(40)41)23-10-11-35-14-20(19(4)31(35)39)7-8-25(35)34(23,5)15-21/h17,20-25,28-31,33,39H,3-4,6-16H2,1-2,5H3,(H,36,37)(H,40,41)(H,42,43,44)(H,45,46,47)/t20?,21?,22?,23?,24-,25?,28+,29-,30?,31-,33+,34?,35?/m0/s1. The highest BCUT2D eigenvalue weighted by Crippen LogP contribution is 2.70. The largest absolute Gasteiger partial charge is 0.496 e. The Balaban J connectivity index is 1.53. The number of hydrogen-bond donors (Lipinski definition) is 5. The first-order chi connectivity index (χ1) is 25.4. The van der Waals surface area contributed by atoms with Gasteiger partial charge >= 0.3 is 38.7 Å². The van der Waals surface area contributed by atoms with Gasteiger partial charge in [0, 0.05) is 18.3 Å². The predicted molar refractivity (Wildman–Crippen MR) is 187 cm³/mol. The van der Waals surface area contributed by atoms with E-state index in [1.165, 1.54) is 0 Å². The SMILES string of the molecule is C=C(CCC(=O)O)OC[C@@H]1O[C@@H](OC2CC(C(=O)O)C3CCC45CC(CCC4C3(C)C2)C(=C)[C@@H]5O)C(OC(=O)CC(C)C)[C@@H](OS(=O)(=O)O)[C@@H]1OS(=O)(=O)O. The summed E-state index contributed by atoms with van der Waals surface area (Å²) in [7, 11) is -10.9. The lowest BCUT2D eigenvalue weighted by atomic mass is 9.43. The van der Waals surface area contributed by atoms with E-state index in [0.717, 1.165) is 18.4 Å². The number of aliphatic carboxylic acids is 2. The second-order valence-electron chi connectivity index (χ2n) is 16.4. The van der Waals surface area contributed by atoms with Gasteiger partial charge < -0.3 is 34.3 Å². The molecular weight excluding hydrogens is 773 g/mol. The van der Waals surface area contributed by atoms with Crippen molar-refractivity contribution in [1.29, 1.82) is 0 Å². The van der Waals surface area contributed by atoms with Crippen molar-refractivity contribution in [3.8, 4) is 0 Å². The molecule has 5 N–H and O–H groups in total. The molecule has 312 valence electrons. The molecule has 0 aromatic rings. The summed E-state index contributed by atoms with van der Waals surface area (Å²) in [5, 5.41) is 31.1. The van der Waals surface area contributed by atoms with Crippen molar-refractivity contribution in [2.24, 2.45) is 40.4 Å². The number of allylic oxidation sites excluding steroid dienone is 1. The lowest BCUT2D eigenvalue weighted by molar-refractivity contribution is -0.316. The highest BCUT2D eigenvalue weighted by molar-refractivity contribution is 7.81. The van der Waals surface area contributed by atoms with Crippen LogP contribution in [0.3, 0.4) is 0 Å². The summed E-state index contributed by atoms with van der Waals surface area (Å²) in [6.45, 7) is 12.4. The fourth-order valence-corrected chi connectivity index (χ4v) is 11.3. The normalized spacial score (nSPS) is 38.8. The number of carbonyl (C=O) groups is 3. The van der Waals surface area contributed by atoms with E-state index in [-0.39, 0.29) is 55.1 Å². The molecule has 0 amide bonds. The number of rotatable bonds is 16. The van der Waals surface area contributed by atoms with E-state index in [4.69, 9.17) is 32.4 Å². The fourth-order valence-electron chi connectivity index (χ4n) is 10.3. The van der Waals surface area contributed by atoms with Crippen LogP contribution < -0.4 is 0 Å². The minimum Gasteiger partial charge on any atom is -0.496 e. The molecule has 13 atom stereocenters. The summed E-state index contributed by atoms with van der Waals surface area (Å²) in [5.74, 6) is -4.78. The second kappa shape index (κ2) is 16.3. The lowest BCUT2D eigenvalue weighted by Crippen LogP contribution is -2.64. The van der Waals surface area contributed by atoms with E-state index in [0.29, 0.717) is 19.3 Å². The Labute approximate surface area is 320 Å². The van der Waals surface area contributed by atoms with E-state index in [1.807, 2.05) is 6.92 Å². The van der Waals surface area contributed by atoms with E-state index in [2.05, 4.69) is 13.2 Å². The molecule has 4 aliphatic carbocycles. The number of aliphatic hydroxyl groups excluding tert-OH is 1. The van der Waals surface area contributed by atoms with Crippen molar-refractivity contribution in [3.63, 3.8) is 0 Å². The Morgan fingerprint density at radius 1 is 0.964 bits per heavy atom. The summed E-state index contributed by atoms with van der Waals surface area (Å²) in [6.07, 6.45) is -9.06. The zero-order valence-electron chi connectivity index (χ0n) is 31.0. The van der Waals surface area contributed by atoms with E-state index in [1.54, 1.807) is 13.8 Å². The van der Waals surface area contributed by atoms with Gasteiger partial charge in [0.05, 0.1) is 30.3 Å². The number of carbonyl (C=O) groups excluding carboxylic acids is 1. The number of fused-ring (bicyclic) bond motifs is 3. The molecule has 18 nitrogen and oxygen atoms in total. The smallest absolute Gasteiger partial charge is 0.397 e. The highest BCUT2D eigenvalue weighted by Gasteiger charge is 2.67. The lowest BCUT2D eigenvalue weighted by Gasteiger charge is -2.62. The average molecular weight is 825 g/mol. The van der Waals surface area contributed by atoms with Gasteiger partial charge in [-0.05, 0) is 79.6 Å². The molecule has 8 unspecified atom stereocenters. The van der Waals surface area contributed by atoms with Gasteiger partial charge in [-0.15, -0.1) is 0 Å². The van der Waals surface area contributed by atoms with Crippen LogP contribution in [0.5, 0.6) is 0 Å². The van der Waals surface area contributed by atoms with E-state index in [9.17, 15) is 50.5 Å². The van der Waals surface area contributed by atoms with Gasteiger partial charge in [-0.2, -0.15) is 16.8 Å². The summed E-state index contributed by atoms with van der Waals surface area (Å²) in [4.78, 5) is 37.2. The minimum absolute atomic E-state index is 0.0539. The van der Waals surface area contributed by atoms with Crippen LogP contribution >= 0.6 is 0 Å². The first-order valence-corrected chi connectivity index (χ1v) is 21.1. The van der Waals surface area contributed by atoms with Crippen LogP contribution in [0.25, 0.3) is 0 Å². The molecule has 4 saturated carbocycles. The zero-order chi connectivity index (χ0) is 40.8. The van der Waals surface area contributed by atoms with Crippen molar-refractivity contribution >= 4 is 38.7 Å². The van der Waals surface area contributed by atoms with Gasteiger partial charge in [-0.3, -0.25) is 23.5 Å². The van der Waals surface area contributed by atoms with Crippen LogP contribution in [0.4, 0.5) is 0 Å². The van der Waals surface area contributed by atoms with E-state index < -0.39 is 111 Å². The number of esters is 1. The van der Waals surface area contributed by atoms with Crippen molar-refractivity contribution < 1.29 is 83.0 Å². The third-order valence-corrected chi connectivity index (χ3v) is 13.3. The molecule has 0 aromatic carbocycles. The van der Waals surface area contributed by atoms with E-state index >= 15 is 0 Å². The maximum atomic E-state index is 13.2. The van der Waals surface area contributed by atoms with Crippen LogP contribution in [0, 0.1) is 40.4 Å². The van der Waals surface area contributed by atoms with Crippen LogP contribution in [0.15, 0.2) is 24.5 Å². The number of aliphatic hydroxyl groups is 1. The topological polar surface area (TPSA) is 276 Å². The summed E-state index contributed by atoms with van der Waals surface area (Å²) < 4.78 is 102. The monoisotopic (exact) mass is 824 g/mol. The summed E-state index contributed by atoms with van der Waals surface area (Å²) in [6, 6.07) is 0. The second-order valence-corrected chi connectivity index (χ2v) is 18.4. The molecule has 1 spiro atoms. The average Bonchev–Trinajstić information content (AvgIpc) is 3.22. The highest BCUT2D eigenvalue weighted by atomic mass is 32.3. The Morgan fingerprint density at radius 3 is 2.22 bits per heavy atom. The molecule has 0 radical (unpaired) electrons. The van der Waals surface area contributed by atoms with Gasteiger partial charge in [0.15, 0.2) is 18.5 Å². The zero-order valence-corrected chi connectivity index (χ0v) is 32.6. The Morgan fingerprint density at radius 2 is 1.62 bits per heavy atom. The quantitative estimate of drug-likeness (QED) is 0.0492. The number of carboxylic acid groups (broad SMARTS) is 2. The molecule has 55 heavy (non-hydrogen) atoms. The minimum atomic E-state index is -5.50. The third-order valence-electron chi connectivity index (χ3n) is 12.4. The Kier molecular flexibility index (Phi) is 12.9. The fraction of sp³-hybridized carbons (Fsp3) is 0.800. The molecule has 5 rings (SSSR count). The molecule has 0 aromatic heterocycles. The molecule has 5 aliphatic rings. The van der Waals surface area contributed by atoms with Crippen LogP contribution in [0.2, 0.25) is 0 Å². The summed E-state index contributed by atoms with van der Waals surface area (Å²) in [5.41, 5.74) is -0.424. The molecule has 1 heterocycles. The van der Waals surface area contributed by atoms with Gasteiger partial charge in [0.1, 0.15) is 18.8 Å². The van der Waals surface area contributed by atoms with Crippen molar-refractivity contribution in [1.82, 2.24) is 0 Å². The van der Waals surface area contributed by atoms with Crippen LogP contribution in [0.1, 0.15) is 85.0 Å². The molecule has 5 fully saturated rings. The number of ether oxygens (including phenoxy) is 4. The van der Waals surface area contributed by atoms with Gasteiger partial charge in [0.25, 0.3) is 0 Å². The van der Waals surface area contributed by atoms with Gasteiger partial charge in [-0.25, -0.2) is 8.37 Å². The molecule has 20 heteroatoms. The first-order valence-electron chi connectivity index (χ1n) is 18.4. The van der Waals surface area contributed by atoms with Crippen LogP contribution in [-0.4, -0.2) is 109 Å².